The molecule has 1 aliphatic heterocycles. The molecule has 1 aliphatic rings. The van der Waals surface area contributed by atoms with Crippen LogP contribution >= 0.6 is 0 Å². The van der Waals surface area contributed by atoms with Crippen molar-refractivity contribution >= 4 is 29.1 Å². The van der Waals surface area contributed by atoms with Crippen LogP contribution in [-0.2, 0) is 11.2 Å². The van der Waals surface area contributed by atoms with E-state index in [2.05, 4.69) is 11.4 Å². The molecule has 1 N–H and O–H groups in total. The van der Waals surface area contributed by atoms with Crippen molar-refractivity contribution in [2.24, 2.45) is 0 Å². The molecule has 0 bridgehead atoms. The largest absolute Gasteiger partial charge is 0.483 e. The van der Waals surface area contributed by atoms with Crippen LogP contribution in [0.2, 0.25) is 0 Å². The summed E-state index contributed by atoms with van der Waals surface area (Å²) in [6.07, 6.45) is 2.98. The summed E-state index contributed by atoms with van der Waals surface area (Å²) in [5, 5.41) is 2.86. The van der Waals surface area contributed by atoms with Crippen LogP contribution in [0.1, 0.15) is 53.0 Å². The fourth-order valence-corrected chi connectivity index (χ4v) is 4.54. The van der Waals surface area contributed by atoms with Gasteiger partial charge in [0.25, 0.3) is 17.7 Å². The van der Waals surface area contributed by atoms with Gasteiger partial charge >= 0.3 is 0 Å². The molecule has 4 rings (SSSR count). The van der Waals surface area contributed by atoms with Crippen molar-refractivity contribution in [3.8, 4) is 5.75 Å². The Morgan fingerprint density at radius 2 is 1.59 bits per heavy atom. The third-order valence-electron chi connectivity index (χ3n) is 6.59. The Hall–Kier alpha value is -4.13. The van der Waals surface area contributed by atoms with E-state index in [1.165, 1.54) is 5.56 Å². The highest BCUT2D eigenvalue weighted by Crippen LogP contribution is 2.28. The Labute approximate surface area is 218 Å². The quantitative estimate of drug-likeness (QED) is 0.464. The van der Waals surface area contributed by atoms with E-state index < -0.39 is 0 Å². The Morgan fingerprint density at radius 3 is 2.35 bits per heavy atom. The van der Waals surface area contributed by atoms with Gasteiger partial charge in [-0.3, -0.25) is 14.4 Å². The Bertz CT molecular complexity index is 1250. The number of fused-ring (bicyclic) bond motifs is 1. The van der Waals surface area contributed by atoms with Crippen LogP contribution in [0, 0.1) is 0 Å². The smallest absolute Gasteiger partial charge is 0.260 e. The molecule has 0 unspecified atom stereocenters. The first-order valence-electron chi connectivity index (χ1n) is 12.8. The number of ether oxygens (including phenoxy) is 1. The van der Waals surface area contributed by atoms with E-state index in [-0.39, 0.29) is 24.3 Å². The molecular formula is C30H33N3O4. The summed E-state index contributed by atoms with van der Waals surface area (Å²) in [5.41, 5.74) is 3.62. The molecule has 3 aromatic rings. The van der Waals surface area contributed by atoms with Crippen molar-refractivity contribution in [3.63, 3.8) is 0 Å². The second-order valence-electron chi connectivity index (χ2n) is 8.92. The molecule has 0 fully saturated rings. The zero-order chi connectivity index (χ0) is 26.2. The first-order chi connectivity index (χ1) is 18.0. The molecule has 3 aromatic carbocycles. The van der Waals surface area contributed by atoms with Gasteiger partial charge in [0.15, 0.2) is 6.61 Å². The number of carbonyl (C=O) groups excluding carboxylic acids is 3. The molecule has 0 atom stereocenters. The lowest BCUT2D eigenvalue weighted by Crippen LogP contribution is -2.34. The number of aryl methyl sites for hydroxylation is 1. The van der Waals surface area contributed by atoms with Crippen LogP contribution in [0.25, 0.3) is 0 Å². The zero-order valence-electron chi connectivity index (χ0n) is 21.4. The van der Waals surface area contributed by atoms with Crippen LogP contribution in [0.15, 0.2) is 72.8 Å². The average molecular weight is 500 g/mol. The maximum atomic E-state index is 13.3. The minimum absolute atomic E-state index is 0.0520. The van der Waals surface area contributed by atoms with Gasteiger partial charge in [-0.2, -0.15) is 0 Å². The van der Waals surface area contributed by atoms with Crippen molar-refractivity contribution in [2.45, 2.75) is 33.1 Å². The topological polar surface area (TPSA) is 79.0 Å². The van der Waals surface area contributed by atoms with E-state index in [0.717, 1.165) is 24.9 Å². The number of nitrogens with one attached hydrogen (secondary N) is 1. The lowest BCUT2D eigenvalue weighted by atomic mass is 10.1. The second-order valence-corrected chi connectivity index (χ2v) is 8.92. The number of amides is 3. The highest BCUT2D eigenvalue weighted by atomic mass is 16.5. The predicted molar refractivity (Wildman–Crippen MR) is 145 cm³/mol. The number of para-hydroxylation sites is 2. The first kappa shape index (κ1) is 25.9. The summed E-state index contributed by atoms with van der Waals surface area (Å²) in [5.74, 6) is -0.199. The van der Waals surface area contributed by atoms with Gasteiger partial charge in [-0.25, -0.2) is 0 Å². The summed E-state index contributed by atoms with van der Waals surface area (Å²) in [6.45, 7) is 5.57. The third kappa shape index (κ3) is 6.17. The lowest BCUT2D eigenvalue weighted by molar-refractivity contribution is -0.132. The highest BCUT2D eigenvalue weighted by molar-refractivity contribution is 6.08. The normalized spacial score (nSPS) is 12.8. The van der Waals surface area contributed by atoms with Crippen LogP contribution in [0.3, 0.4) is 0 Å². The van der Waals surface area contributed by atoms with E-state index in [4.69, 9.17) is 4.74 Å². The first-order valence-corrected chi connectivity index (χ1v) is 12.8. The number of carbonyl (C=O) groups is 3. The van der Waals surface area contributed by atoms with Crippen molar-refractivity contribution in [1.82, 2.24) is 4.90 Å². The van der Waals surface area contributed by atoms with E-state index in [1.807, 2.05) is 36.9 Å². The third-order valence-corrected chi connectivity index (χ3v) is 6.59. The number of anilines is 2. The average Bonchev–Trinajstić information content (AvgIpc) is 3.15. The Balaban J connectivity index is 1.43. The number of hydrogen-bond donors (Lipinski definition) is 1. The highest BCUT2D eigenvalue weighted by Gasteiger charge is 2.22. The van der Waals surface area contributed by atoms with Gasteiger partial charge in [0.05, 0.1) is 5.56 Å². The summed E-state index contributed by atoms with van der Waals surface area (Å²) in [4.78, 5) is 42.2. The summed E-state index contributed by atoms with van der Waals surface area (Å²) >= 11 is 0. The van der Waals surface area contributed by atoms with Gasteiger partial charge in [-0.15, -0.1) is 0 Å². The lowest BCUT2D eigenvalue weighted by Gasteiger charge is -2.23. The molecule has 1 heterocycles. The van der Waals surface area contributed by atoms with Gasteiger partial charge < -0.3 is 19.9 Å². The van der Waals surface area contributed by atoms with Crippen molar-refractivity contribution < 1.29 is 19.1 Å². The van der Waals surface area contributed by atoms with Crippen LogP contribution in [0.4, 0.5) is 11.4 Å². The molecule has 0 saturated heterocycles. The minimum atomic E-state index is -0.355. The van der Waals surface area contributed by atoms with Crippen LogP contribution in [0.5, 0.6) is 5.75 Å². The maximum Gasteiger partial charge on any atom is 0.260 e. The molecule has 0 aliphatic carbocycles. The second kappa shape index (κ2) is 12.2. The van der Waals surface area contributed by atoms with E-state index in [0.29, 0.717) is 42.2 Å². The number of hydrogen-bond acceptors (Lipinski definition) is 4. The molecule has 0 radical (unpaired) electrons. The standard InChI is InChI=1S/C30H33N3O4/c1-3-32(4-2)28(34)21-37-27-15-8-6-13-25(27)29(35)31-24-18-16-23(17-19-24)30(36)33-20-10-9-12-22-11-5-7-14-26(22)33/h5-8,11,13-19H,3-4,9-10,12,20-21H2,1-2H3,(H,31,35). The molecule has 37 heavy (non-hydrogen) atoms. The van der Waals surface area contributed by atoms with Crippen molar-refractivity contribution in [3.05, 3.63) is 89.5 Å². The van der Waals surface area contributed by atoms with Crippen molar-refractivity contribution in [2.75, 3.05) is 36.5 Å². The number of likely N-dealkylation sites (N-methyl/N-ethyl adjacent to an activating group) is 1. The van der Waals surface area contributed by atoms with E-state index in [9.17, 15) is 14.4 Å². The molecule has 3 amide bonds. The molecule has 7 nitrogen and oxygen atoms in total. The molecule has 0 aromatic heterocycles. The van der Waals surface area contributed by atoms with Crippen molar-refractivity contribution in [1.29, 1.82) is 0 Å². The molecule has 0 spiro atoms. The van der Waals surface area contributed by atoms with E-state index in [1.54, 1.807) is 53.4 Å². The van der Waals surface area contributed by atoms with Gasteiger partial charge in [0.2, 0.25) is 0 Å². The fourth-order valence-electron chi connectivity index (χ4n) is 4.54. The Morgan fingerprint density at radius 1 is 0.892 bits per heavy atom. The number of benzene rings is 3. The molecular weight excluding hydrogens is 466 g/mol. The number of rotatable bonds is 8. The molecule has 192 valence electrons. The summed E-state index contributed by atoms with van der Waals surface area (Å²) in [7, 11) is 0. The zero-order valence-corrected chi connectivity index (χ0v) is 21.4. The van der Waals surface area contributed by atoms with E-state index >= 15 is 0 Å². The van der Waals surface area contributed by atoms with Crippen LogP contribution in [-0.4, -0.2) is 48.9 Å². The van der Waals surface area contributed by atoms with Gasteiger partial charge in [-0.05, 0) is 81.1 Å². The SMILES string of the molecule is CCN(CC)C(=O)COc1ccccc1C(=O)Nc1ccc(C(=O)N2CCCCc3ccccc32)cc1. The van der Waals surface area contributed by atoms with Crippen LogP contribution < -0.4 is 15.0 Å². The monoisotopic (exact) mass is 499 g/mol. The van der Waals surface area contributed by atoms with Gasteiger partial charge in [0, 0.05) is 36.6 Å². The minimum Gasteiger partial charge on any atom is -0.483 e. The van der Waals surface area contributed by atoms with Gasteiger partial charge in [-0.1, -0.05) is 30.3 Å². The molecule has 0 saturated carbocycles. The fraction of sp³-hybridized carbons (Fsp3) is 0.300. The Kier molecular flexibility index (Phi) is 8.56. The molecule has 7 heteroatoms. The summed E-state index contributed by atoms with van der Waals surface area (Å²) < 4.78 is 5.70. The summed E-state index contributed by atoms with van der Waals surface area (Å²) in [6, 6.07) is 21.8. The number of nitrogens with zero attached hydrogens (tertiary/aromatic N) is 2. The maximum absolute atomic E-state index is 13.3. The van der Waals surface area contributed by atoms with Gasteiger partial charge in [0.1, 0.15) is 5.75 Å². The predicted octanol–water partition coefficient (Wildman–Crippen LogP) is 5.17.